The molecule has 7 nitrogen and oxygen atoms in total. The molecule has 18 heavy (non-hydrogen) atoms. The molecule has 92 valence electrons. The second-order valence-corrected chi connectivity index (χ2v) is 3.42. The van der Waals surface area contributed by atoms with Crippen LogP contribution in [0.25, 0.3) is 0 Å². The van der Waals surface area contributed by atoms with Crippen LogP contribution in [-0.4, -0.2) is 26.2 Å². The van der Waals surface area contributed by atoms with E-state index in [4.69, 9.17) is 15.7 Å². The number of rotatable bonds is 3. The Bertz CT molecular complexity index is 585. The number of pyridine rings is 1. The summed E-state index contributed by atoms with van der Waals surface area (Å²) in [6, 6.07) is 5.03. The lowest BCUT2D eigenvalue weighted by Crippen LogP contribution is -2.15. The normalized spacial score (nSPS) is 11.3. The fourth-order valence-electron chi connectivity index (χ4n) is 1.32. The molecule has 2 rings (SSSR count). The van der Waals surface area contributed by atoms with Gasteiger partial charge < -0.3 is 15.7 Å². The number of hydrogen-bond donors (Lipinski definition) is 2. The quantitative estimate of drug-likeness (QED) is 0.362. The number of nitrogens with zero attached hydrogens (tertiary/aromatic N) is 4. The van der Waals surface area contributed by atoms with Crippen molar-refractivity contribution in [3.8, 4) is 11.6 Å². The number of oxime groups is 1. The van der Waals surface area contributed by atoms with Gasteiger partial charge in [-0.1, -0.05) is 5.16 Å². The van der Waals surface area contributed by atoms with Crippen LogP contribution in [0, 0.1) is 6.92 Å². The molecule has 0 spiro atoms. The highest BCUT2D eigenvalue weighted by molar-refractivity contribution is 5.98. The predicted octanol–water partition coefficient (Wildman–Crippen LogP) is 1.07. The fraction of sp³-hybridized carbons (Fsp3) is 0.0909. The topological polar surface area (TPSA) is 107 Å². The van der Waals surface area contributed by atoms with Gasteiger partial charge in [-0.3, -0.25) is 4.98 Å². The lowest BCUT2D eigenvalue weighted by atomic mass is 10.3. The van der Waals surface area contributed by atoms with Crippen molar-refractivity contribution >= 4 is 5.84 Å². The molecule has 0 unspecified atom stereocenters. The molecular weight excluding hydrogens is 234 g/mol. The van der Waals surface area contributed by atoms with Crippen LogP contribution in [0.1, 0.15) is 11.3 Å². The Morgan fingerprint density at radius 1 is 1.39 bits per heavy atom. The Labute approximate surface area is 103 Å². The van der Waals surface area contributed by atoms with Crippen molar-refractivity contribution in [1.82, 2.24) is 15.2 Å². The van der Waals surface area contributed by atoms with E-state index in [0.717, 1.165) is 0 Å². The van der Waals surface area contributed by atoms with Crippen molar-refractivity contribution in [2.24, 2.45) is 10.9 Å². The van der Waals surface area contributed by atoms with Crippen molar-refractivity contribution < 1.29 is 9.94 Å². The molecule has 0 fully saturated rings. The molecule has 7 heteroatoms. The SMILES string of the molecule is Cc1ncccc1Oc1nnccc1/C(N)=N/O. The number of ether oxygens (including phenoxy) is 1. The first-order valence-electron chi connectivity index (χ1n) is 5.11. The highest BCUT2D eigenvalue weighted by Gasteiger charge is 2.12. The van der Waals surface area contributed by atoms with Crippen LogP contribution in [0.15, 0.2) is 35.7 Å². The van der Waals surface area contributed by atoms with Gasteiger partial charge in [-0.15, -0.1) is 5.10 Å². The van der Waals surface area contributed by atoms with E-state index in [0.29, 0.717) is 17.0 Å². The zero-order valence-corrected chi connectivity index (χ0v) is 9.61. The van der Waals surface area contributed by atoms with Crippen LogP contribution in [-0.2, 0) is 0 Å². The Morgan fingerprint density at radius 3 is 2.94 bits per heavy atom. The van der Waals surface area contributed by atoms with Crippen LogP contribution in [0.5, 0.6) is 11.6 Å². The van der Waals surface area contributed by atoms with Crippen LogP contribution < -0.4 is 10.5 Å². The summed E-state index contributed by atoms with van der Waals surface area (Å²) in [5.41, 5.74) is 6.58. The van der Waals surface area contributed by atoms with Crippen LogP contribution in [0.2, 0.25) is 0 Å². The summed E-state index contributed by atoms with van der Waals surface area (Å²) in [5, 5.41) is 19.1. The summed E-state index contributed by atoms with van der Waals surface area (Å²) in [5.74, 6) is 0.593. The second kappa shape index (κ2) is 5.09. The Morgan fingerprint density at radius 2 is 2.22 bits per heavy atom. The molecule has 2 heterocycles. The Hall–Kier alpha value is -2.70. The summed E-state index contributed by atoms with van der Waals surface area (Å²) in [7, 11) is 0. The molecule has 0 atom stereocenters. The summed E-state index contributed by atoms with van der Waals surface area (Å²) in [4.78, 5) is 4.09. The van der Waals surface area contributed by atoms with Crippen LogP contribution in [0.4, 0.5) is 0 Å². The minimum atomic E-state index is -0.0959. The van der Waals surface area contributed by atoms with Gasteiger partial charge in [0.25, 0.3) is 0 Å². The van der Waals surface area contributed by atoms with E-state index in [1.165, 1.54) is 6.20 Å². The maximum Gasteiger partial charge on any atom is 0.250 e. The van der Waals surface area contributed by atoms with Gasteiger partial charge in [0.05, 0.1) is 17.5 Å². The van der Waals surface area contributed by atoms with Crippen molar-refractivity contribution in [2.75, 3.05) is 0 Å². The van der Waals surface area contributed by atoms with Crippen molar-refractivity contribution in [2.45, 2.75) is 6.92 Å². The third-order valence-electron chi connectivity index (χ3n) is 2.24. The van der Waals surface area contributed by atoms with Crippen LogP contribution >= 0.6 is 0 Å². The Balaban J connectivity index is 2.38. The maximum atomic E-state index is 8.68. The maximum absolute atomic E-state index is 8.68. The van der Waals surface area contributed by atoms with E-state index in [9.17, 15) is 0 Å². The first-order chi connectivity index (χ1) is 8.72. The Kier molecular flexibility index (Phi) is 3.33. The van der Waals surface area contributed by atoms with E-state index >= 15 is 0 Å². The zero-order valence-electron chi connectivity index (χ0n) is 9.61. The average Bonchev–Trinajstić information content (AvgIpc) is 2.41. The number of aromatic nitrogens is 3. The van der Waals surface area contributed by atoms with Crippen LogP contribution in [0.3, 0.4) is 0 Å². The third kappa shape index (κ3) is 2.34. The predicted molar refractivity (Wildman–Crippen MR) is 63.6 cm³/mol. The van der Waals surface area contributed by atoms with Gasteiger partial charge in [0.2, 0.25) is 5.88 Å². The van der Waals surface area contributed by atoms with Gasteiger partial charge >= 0.3 is 0 Å². The summed E-state index contributed by atoms with van der Waals surface area (Å²) in [6.45, 7) is 1.80. The molecule has 2 aromatic rings. The molecule has 2 aromatic heterocycles. The molecule has 0 aliphatic carbocycles. The van der Waals surface area contributed by atoms with E-state index in [1.54, 1.807) is 31.3 Å². The standard InChI is InChI=1S/C11H11N5O2/c1-7-9(3-2-5-13-7)18-11-8(10(12)16-17)4-6-14-15-11/h2-6,17H,1H3,(H2,12,16). The minimum Gasteiger partial charge on any atom is -0.435 e. The van der Waals surface area contributed by atoms with E-state index in [-0.39, 0.29) is 11.7 Å². The van der Waals surface area contributed by atoms with Gasteiger partial charge in [0.1, 0.15) is 0 Å². The molecular formula is C11H11N5O2. The van der Waals surface area contributed by atoms with E-state index < -0.39 is 0 Å². The lowest BCUT2D eigenvalue weighted by Gasteiger charge is -2.09. The molecule has 0 bridgehead atoms. The zero-order chi connectivity index (χ0) is 13.0. The highest BCUT2D eigenvalue weighted by atomic mass is 16.5. The van der Waals surface area contributed by atoms with E-state index in [1.807, 2.05) is 0 Å². The van der Waals surface area contributed by atoms with Gasteiger partial charge in [0, 0.05) is 6.20 Å². The minimum absolute atomic E-state index is 0.0959. The smallest absolute Gasteiger partial charge is 0.250 e. The van der Waals surface area contributed by atoms with Gasteiger partial charge in [-0.05, 0) is 25.1 Å². The van der Waals surface area contributed by atoms with Crippen molar-refractivity contribution in [1.29, 1.82) is 0 Å². The molecule has 0 radical (unpaired) electrons. The third-order valence-corrected chi connectivity index (χ3v) is 2.24. The number of nitrogens with two attached hydrogens (primary N) is 1. The number of amidine groups is 1. The molecule has 0 aromatic carbocycles. The molecule has 0 amide bonds. The monoisotopic (exact) mass is 245 g/mol. The molecule has 0 aliphatic heterocycles. The van der Waals surface area contributed by atoms with Gasteiger partial charge in [0.15, 0.2) is 11.6 Å². The van der Waals surface area contributed by atoms with Crippen molar-refractivity contribution in [3.63, 3.8) is 0 Å². The first kappa shape index (κ1) is 11.8. The number of aryl methyl sites for hydroxylation is 1. The largest absolute Gasteiger partial charge is 0.435 e. The lowest BCUT2D eigenvalue weighted by molar-refractivity contribution is 0.318. The van der Waals surface area contributed by atoms with E-state index in [2.05, 4.69) is 20.3 Å². The fourth-order valence-corrected chi connectivity index (χ4v) is 1.32. The molecule has 0 saturated carbocycles. The summed E-state index contributed by atoms with van der Waals surface area (Å²) >= 11 is 0. The molecule has 0 aliphatic rings. The van der Waals surface area contributed by atoms with Gasteiger partial charge in [-0.2, -0.15) is 5.10 Å². The van der Waals surface area contributed by atoms with Crippen molar-refractivity contribution in [3.05, 3.63) is 41.9 Å². The summed E-state index contributed by atoms with van der Waals surface area (Å²) < 4.78 is 5.56. The highest BCUT2D eigenvalue weighted by Crippen LogP contribution is 2.23. The van der Waals surface area contributed by atoms with Gasteiger partial charge in [-0.25, -0.2) is 0 Å². The first-order valence-corrected chi connectivity index (χ1v) is 5.11. The second-order valence-electron chi connectivity index (χ2n) is 3.42. The number of hydrogen-bond acceptors (Lipinski definition) is 6. The molecule has 0 saturated heterocycles. The molecule has 3 N–H and O–H groups in total. The summed E-state index contributed by atoms with van der Waals surface area (Å²) in [6.07, 6.45) is 3.08. The average molecular weight is 245 g/mol.